The molecule has 9 nitrogen and oxygen atoms in total. The number of nitrogens with one attached hydrogen (secondary N) is 2. The topological polar surface area (TPSA) is 101 Å². The standard InChI is InChI=1S/C16H19N7O2/c1-22(2)13(14-6-4-8-25-14)9-19-16(24)21-12-5-3-7-18-15(12)23-11-17-10-20-23/h3-8,10-11,13H,9H2,1-2H3,(H2,19,21,24). The summed E-state index contributed by atoms with van der Waals surface area (Å²) in [6, 6.07) is 6.79. The fourth-order valence-electron chi connectivity index (χ4n) is 2.37. The summed E-state index contributed by atoms with van der Waals surface area (Å²) in [6.07, 6.45) is 6.17. The number of nitrogens with zero attached hydrogens (tertiary/aromatic N) is 5. The molecular formula is C16H19N7O2. The van der Waals surface area contributed by atoms with Crippen LogP contribution in [-0.2, 0) is 0 Å². The Kier molecular flexibility index (Phi) is 5.05. The van der Waals surface area contributed by atoms with Crippen molar-refractivity contribution in [3.8, 4) is 5.82 Å². The third-order valence-corrected chi connectivity index (χ3v) is 3.62. The Balaban J connectivity index is 1.65. The minimum Gasteiger partial charge on any atom is -0.468 e. The van der Waals surface area contributed by atoms with Gasteiger partial charge in [-0.1, -0.05) is 0 Å². The molecular weight excluding hydrogens is 322 g/mol. The number of aromatic nitrogens is 4. The predicted molar refractivity (Wildman–Crippen MR) is 91.3 cm³/mol. The first-order valence-corrected chi connectivity index (χ1v) is 7.70. The first-order chi connectivity index (χ1) is 12.1. The summed E-state index contributed by atoms with van der Waals surface area (Å²) in [5.74, 6) is 1.28. The van der Waals surface area contributed by atoms with E-state index in [0.717, 1.165) is 5.76 Å². The van der Waals surface area contributed by atoms with Crippen LogP contribution < -0.4 is 10.6 Å². The zero-order chi connectivity index (χ0) is 17.6. The molecule has 3 aromatic rings. The lowest BCUT2D eigenvalue weighted by Crippen LogP contribution is -2.37. The maximum Gasteiger partial charge on any atom is 0.319 e. The molecule has 2 N–H and O–H groups in total. The van der Waals surface area contributed by atoms with E-state index in [1.165, 1.54) is 17.3 Å². The van der Waals surface area contributed by atoms with Crippen molar-refractivity contribution >= 4 is 11.7 Å². The van der Waals surface area contributed by atoms with Gasteiger partial charge in [-0.25, -0.2) is 19.4 Å². The van der Waals surface area contributed by atoms with Crippen LogP contribution >= 0.6 is 0 Å². The number of carbonyl (C=O) groups is 1. The van der Waals surface area contributed by atoms with Gasteiger partial charge in [-0.15, -0.1) is 0 Å². The van der Waals surface area contributed by atoms with Crippen molar-refractivity contribution in [1.82, 2.24) is 30.0 Å². The van der Waals surface area contributed by atoms with Gasteiger partial charge in [0.25, 0.3) is 0 Å². The van der Waals surface area contributed by atoms with E-state index in [1.54, 1.807) is 24.6 Å². The lowest BCUT2D eigenvalue weighted by molar-refractivity contribution is 0.233. The maximum absolute atomic E-state index is 12.3. The predicted octanol–water partition coefficient (Wildman–Crippen LogP) is 1.68. The largest absolute Gasteiger partial charge is 0.468 e. The van der Waals surface area contributed by atoms with Crippen molar-refractivity contribution < 1.29 is 9.21 Å². The van der Waals surface area contributed by atoms with Crippen LogP contribution in [0.25, 0.3) is 5.82 Å². The van der Waals surface area contributed by atoms with E-state index in [0.29, 0.717) is 18.1 Å². The van der Waals surface area contributed by atoms with Crippen molar-refractivity contribution in [1.29, 1.82) is 0 Å². The quantitative estimate of drug-likeness (QED) is 0.707. The Morgan fingerprint density at radius 2 is 2.24 bits per heavy atom. The highest BCUT2D eigenvalue weighted by molar-refractivity contribution is 5.90. The summed E-state index contributed by atoms with van der Waals surface area (Å²) >= 11 is 0. The number of rotatable bonds is 6. The summed E-state index contributed by atoms with van der Waals surface area (Å²) < 4.78 is 6.92. The van der Waals surface area contributed by atoms with Crippen LogP contribution in [-0.4, -0.2) is 51.3 Å². The Hall–Kier alpha value is -3.20. The van der Waals surface area contributed by atoms with Crippen LogP contribution in [0.15, 0.2) is 53.8 Å². The molecule has 130 valence electrons. The van der Waals surface area contributed by atoms with E-state index >= 15 is 0 Å². The Labute approximate surface area is 144 Å². The first-order valence-electron chi connectivity index (χ1n) is 7.70. The van der Waals surface area contributed by atoms with Crippen LogP contribution in [0.4, 0.5) is 10.5 Å². The van der Waals surface area contributed by atoms with E-state index in [2.05, 4.69) is 25.7 Å². The van der Waals surface area contributed by atoms with Crippen molar-refractivity contribution in [2.75, 3.05) is 26.0 Å². The zero-order valence-electron chi connectivity index (χ0n) is 14.0. The molecule has 0 aliphatic heterocycles. The number of carbonyl (C=O) groups excluding carboxylic acids is 1. The molecule has 0 fully saturated rings. The van der Waals surface area contributed by atoms with Crippen molar-refractivity contribution in [3.05, 3.63) is 55.1 Å². The number of urea groups is 1. The summed E-state index contributed by atoms with van der Waals surface area (Å²) in [7, 11) is 3.85. The molecule has 0 bridgehead atoms. The third-order valence-electron chi connectivity index (χ3n) is 3.62. The Bertz CT molecular complexity index is 800. The van der Waals surface area contributed by atoms with E-state index < -0.39 is 0 Å². The molecule has 0 aliphatic rings. The van der Waals surface area contributed by atoms with Crippen molar-refractivity contribution in [2.24, 2.45) is 0 Å². The van der Waals surface area contributed by atoms with Gasteiger partial charge in [-0.05, 0) is 38.4 Å². The lowest BCUT2D eigenvalue weighted by Gasteiger charge is -2.22. The average Bonchev–Trinajstić information content (AvgIpc) is 3.29. The molecule has 1 atom stereocenters. The van der Waals surface area contributed by atoms with Gasteiger partial charge in [-0.3, -0.25) is 4.90 Å². The van der Waals surface area contributed by atoms with Crippen molar-refractivity contribution in [2.45, 2.75) is 6.04 Å². The minimum atomic E-state index is -0.340. The number of hydrogen-bond acceptors (Lipinski definition) is 6. The third kappa shape index (κ3) is 4.01. The van der Waals surface area contributed by atoms with E-state index in [-0.39, 0.29) is 12.1 Å². The fourth-order valence-corrected chi connectivity index (χ4v) is 2.37. The number of likely N-dealkylation sites (N-methyl/N-ethyl adjacent to an activating group) is 1. The maximum atomic E-state index is 12.3. The van der Waals surface area contributed by atoms with Crippen LogP contribution in [0.5, 0.6) is 0 Å². The first kappa shape index (κ1) is 16.7. The van der Waals surface area contributed by atoms with Gasteiger partial charge in [0, 0.05) is 12.7 Å². The molecule has 9 heteroatoms. The summed E-state index contributed by atoms with van der Waals surface area (Å²) in [6.45, 7) is 0.394. The molecule has 0 spiro atoms. The van der Waals surface area contributed by atoms with Crippen molar-refractivity contribution in [3.63, 3.8) is 0 Å². The average molecular weight is 341 g/mol. The summed E-state index contributed by atoms with van der Waals surface area (Å²) in [4.78, 5) is 22.4. The highest BCUT2D eigenvalue weighted by atomic mass is 16.3. The zero-order valence-corrected chi connectivity index (χ0v) is 14.0. The molecule has 0 aliphatic carbocycles. The van der Waals surface area contributed by atoms with Gasteiger partial charge in [0.05, 0.1) is 18.0 Å². The number of anilines is 1. The highest BCUT2D eigenvalue weighted by Gasteiger charge is 2.18. The van der Waals surface area contributed by atoms with Gasteiger partial charge in [0.15, 0.2) is 5.82 Å². The lowest BCUT2D eigenvalue weighted by atomic mass is 10.2. The molecule has 2 amide bonds. The number of furan rings is 1. The van der Waals surface area contributed by atoms with Gasteiger partial charge in [0.1, 0.15) is 18.4 Å². The molecule has 3 aromatic heterocycles. The van der Waals surface area contributed by atoms with Crippen LogP contribution in [0.3, 0.4) is 0 Å². The van der Waals surface area contributed by atoms with Crippen LogP contribution in [0.1, 0.15) is 11.8 Å². The van der Waals surface area contributed by atoms with Gasteiger partial charge in [-0.2, -0.15) is 5.10 Å². The minimum absolute atomic E-state index is 0.0653. The molecule has 1 unspecified atom stereocenters. The second-order valence-electron chi connectivity index (χ2n) is 5.54. The smallest absolute Gasteiger partial charge is 0.319 e. The normalized spacial score (nSPS) is 12.1. The molecule has 3 heterocycles. The Morgan fingerprint density at radius 1 is 1.36 bits per heavy atom. The highest BCUT2D eigenvalue weighted by Crippen LogP contribution is 2.18. The molecule has 3 rings (SSSR count). The summed E-state index contributed by atoms with van der Waals surface area (Å²) in [5.41, 5.74) is 0.532. The number of hydrogen-bond donors (Lipinski definition) is 2. The van der Waals surface area contributed by atoms with Gasteiger partial charge < -0.3 is 15.1 Å². The molecule has 0 saturated heterocycles. The van der Waals surface area contributed by atoms with Gasteiger partial charge >= 0.3 is 6.03 Å². The molecule has 25 heavy (non-hydrogen) atoms. The van der Waals surface area contributed by atoms with E-state index in [4.69, 9.17) is 4.42 Å². The van der Waals surface area contributed by atoms with Crippen LogP contribution in [0, 0.1) is 0 Å². The SMILES string of the molecule is CN(C)C(CNC(=O)Nc1cccnc1-n1cncn1)c1ccco1. The molecule has 0 radical (unpaired) electrons. The van der Waals surface area contributed by atoms with Gasteiger partial charge in [0.2, 0.25) is 0 Å². The molecule has 0 aromatic carbocycles. The van der Waals surface area contributed by atoms with Crippen LogP contribution in [0.2, 0.25) is 0 Å². The summed E-state index contributed by atoms with van der Waals surface area (Å²) in [5, 5.41) is 9.67. The molecule has 0 saturated carbocycles. The fraction of sp³-hybridized carbons (Fsp3) is 0.250. The Morgan fingerprint density at radius 3 is 2.92 bits per heavy atom. The number of pyridine rings is 1. The monoisotopic (exact) mass is 341 g/mol. The number of amides is 2. The second kappa shape index (κ2) is 7.58. The second-order valence-corrected chi connectivity index (χ2v) is 5.54. The van der Waals surface area contributed by atoms with E-state index in [1.807, 2.05) is 31.1 Å². The van der Waals surface area contributed by atoms with E-state index in [9.17, 15) is 4.79 Å².